The van der Waals surface area contributed by atoms with Gasteiger partial charge in [-0.3, -0.25) is 0 Å². The van der Waals surface area contributed by atoms with E-state index in [1.54, 1.807) is 7.11 Å². The molecule has 112 valence electrons. The molecule has 2 nitrogen and oxygen atoms in total. The molecule has 0 fully saturated rings. The second-order valence-electron chi connectivity index (χ2n) is 5.03. The molecule has 0 aromatic heterocycles. The molecule has 0 amide bonds. The number of rotatable bonds is 7. The van der Waals surface area contributed by atoms with E-state index in [0.29, 0.717) is 0 Å². The molecule has 0 aliphatic rings. The molecular weight excluding hydrogens is 326 g/mol. The molecule has 0 radical (unpaired) electrons. The second-order valence-corrected chi connectivity index (χ2v) is 5.95. The van der Waals surface area contributed by atoms with Crippen LogP contribution in [0.4, 0.5) is 0 Å². The first-order chi connectivity index (χ1) is 10.2. The van der Waals surface area contributed by atoms with Crippen molar-refractivity contribution in [1.82, 2.24) is 5.32 Å². The van der Waals surface area contributed by atoms with Crippen LogP contribution in [0.2, 0.25) is 0 Å². The van der Waals surface area contributed by atoms with Gasteiger partial charge in [-0.15, -0.1) is 0 Å². The maximum Gasteiger partial charge on any atom is 0.0577 e. The molecule has 1 N–H and O–H groups in total. The van der Waals surface area contributed by atoms with Gasteiger partial charge in [-0.1, -0.05) is 59.3 Å². The molecule has 0 saturated heterocycles. The Balaban J connectivity index is 2.21. The number of hydrogen-bond acceptors (Lipinski definition) is 2. The third kappa shape index (κ3) is 4.67. The van der Waals surface area contributed by atoms with Crippen molar-refractivity contribution in [2.75, 3.05) is 20.3 Å². The fourth-order valence-electron chi connectivity index (χ4n) is 2.42. The van der Waals surface area contributed by atoms with Crippen molar-refractivity contribution < 1.29 is 4.74 Å². The van der Waals surface area contributed by atoms with Crippen molar-refractivity contribution in [2.45, 2.75) is 19.4 Å². The van der Waals surface area contributed by atoms with Crippen LogP contribution in [0.3, 0.4) is 0 Å². The molecule has 1 unspecified atom stereocenters. The summed E-state index contributed by atoms with van der Waals surface area (Å²) in [6.45, 7) is 3.84. The molecule has 0 heterocycles. The lowest BCUT2D eigenvalue weighted by atomic mass is 9.97. The summed E-state index contributed by atoms with van der Waals surface area (Å²) in [7, 11) is 1.74. The smallest absolute Gasteiger partial charge is 0.0577 e. The van der Waals surface area contributed by atoms with Crippen LogP contribution < -0.4 is 5.32 Å². The van der Waals surface area contributed by atoms with Gasteiger partial charge in [0.2, 0.25) is 0 Å². The fraction of sp³-hybridized carbons (Fsp3) is 0.333. The zero-order valence-corrected chi connectivity index (χ0v) is 14.2. The third-order valence-corrected chi connectivity index (χ3v) is 3.99. The maximum absolute atomic E-state index is 5.13. The Morgan fingerprint density at radius 3 is 2.48 bits per heavy atom. The number of nitrogens with one attached hydrogen (secondary N) is 1. The lowest BCUT2D eigenvalue weighted by Crippen LogP contribution is -2.22. The normalized spacial score (nSPS) is 12.3. The zero-order valence-electron chi connectivity index (χ0n) is 12.6. The highest BCUT2D eigenvalue weighted by Crippen LogP contribution is 2.25. The first-order valence-electron chi connectivity index (χ1n) is 7.31. The van der Waals surface area contributed by atoms with Crippen molar-refractivity contribution in [3.63, 3.8) is 0 Å². The first kappa shape index (κ1) is 16.2. The number of methoxy groups -OCH3 is 1. The zero-order chi connectivity index (χ0) is 15.1. The van der Waals surface area contributed by atoms with Crippen LogP contribution in [-0.4, -0.2) is 20.3 Å². The average molecular weight is 348 g/mol. The van der Waals surface area contributed by atoms with Crippen LogP contribution in [-0.2, 0) is 11.2 Å². The standard InChI is InChI=1S/C18H22BrNO/c1-3-20-18(16-5-4-6-17(19)13-16)15-9-7-14(8-10-15)11-12-21-2/h4-10,13,18,20H,3,11-12H2,1-2H3. The van der Waals surface area contributed by atoms with Crippen LogP contribution in [0.15, 0.2) is 53.0 Å². The molecule has 0 aliphatic heterocycles. The van der Waals surface area contributed by atoms with Gasteiger partial charge in [0.05, 0.1) is 12.6 Å². The molecule has 0 saturated carbocycles. The minimum Gasteiger partial charge on any atom is -0.384 e. The highest BCUT2D eigenvalue weighted by molar-refractivity contribution is 9.10. The molecule has 1 atom stereocenters. The van der Waals surface area contributed by atoms with E-state index < -0.39 is 0 Å². The van der Waals surface area contributed by atoms with Gasteiger partial charge in [0, 0.05) is 11.6 Å². The van der Waals surface area contributed by atoms with E-state index in [1.807, 2.05) is 0 Å². The molecule has 3 heteroatoms. The Bertz CT molecular complexity index is 553. The van der Waals surface area contributed by atoms with Gasteiger partial charge in [0.1, 0.15) is 0 Å². The van der Waals surface area contributed by atoms with Gasteiger partial charge >= 0.3 is 0 Å². The van der Waals surface area contributed by atoms with Crippen molar-refractivity contribution in [3.8, 4) is 0 Å². The van der Waals surface area contributed by atoms with Gasteiger partial charge in [-0.2, -0.15) is 0 Å². The van der Waals surface area contributed by atoms with E-state index in [4.69, 9.17) is 4.74 Å². The maximum atomic E-state index is 5.13. The van der Waals surface area contributed by atoms with E-state index in [1.165, 1.54) is 16.7 Å². The number of ether oxygens (including phenoxy) is 1. The largest absolute Gasteiger partial charge is 0.384 e. The summed E-state index contributed by atoms with van der Waals surface area (Å²) >= 11 is 3.55. The summed E-state index contributed by atoms with van der Waals surface area (Å²) in [5.74, 6) is 0. The topological polar surface area (TPSA) is 21.3 Å². The minimum absolute atomic E-state index is 0.226. The monoisotopic (exact) mass is 347 g/mol. The molecule has 0 aliphatic carbocycles. The Morgan fingerprint density at radius 2 is 1.86 bits per heavy atom. The van der Waals surface area contributed by atoms with Crippen LogP contribution in [0.25, 0.3) is 0 Å². The lowest BCUT2D eigenvalue weighted by molar-refractivity contribution is 0.202. The quantitative estimate of drug-likeness (QED) is 0.804. The van der Waals surface area contributed by atoms with E-state index >= 15 is 0 Å². The van der Waals surface area contributed by atoms with E-state index in [0.717, 1.165) is 24.0 Å². The first-order valence-corrected chi connectivity index (χ1v) is 8.10. The molecule has 0 spiro atoms. The van der Waals surface area contributed by atoms with Gasteiger partial charge in [-0.25, -0.2) is 0 Å². The fourth-order valence-corrected chi connectivity index (χ4v) is 2.83. The summed E-state index contributed by atoms with van der Waals surface area (Å²) in [5, 5.41) is 3.56. The third-order valence-electron chi connectivity index (χ3n) is 3.50. The summed E-state index contributed by atoms with van der Waals surface area (Å²) in [4.78, 5) is 0. The Hall–Kier alpha value is -1.16. The highest BCUT2D eigenvalue weighted by Gasteiger charge is 2.13. The molecule has 2 rings (SSSR count). The van der Waals surface area contributed by atoms with Crippen molar-refractivity contribution >= 4 is 15.9 Å². The molecule has 2 aromatic carbocycles. The predicted molar refractivity (Wildman–Crippen MR) is 91.7 cm³/mol. The van der Waals surface area contributed by atoms with E-state index in [-0.39, 0.29) is 6.04 Å². The average Bonchev–Trinajstić information content (AvgIpc) is 2.51. The van der Waals surface area contributed by atoms with Crippen molar-refractivity contribution in [2.24, 2.45) is 0 Å². The Kier molecular flexibility index (Phi) is 6.43. The van der Waals surface area contributed by atoms with Gasteiger partial charge < -0.3 is 10.1 Å². The SMILES string of the molecule is CCNC(c1ccc(CCOC)cc1)c1cccc(Br)c1. The van der Waals surface area contributed by atoms with Gasteiger partial charge in [0.25, 0.3) is 0 Å². The Morgan fingerprint density at radius 1 is 1.10 bits per heavy atom. The van der Waals surface area contributed by atoms with Crippen molar-refractivity contribution in [1.29, 1.82) is 0 Å². The van der Waals surface area contributed by atoms with E-state index in [2.05, 4.69) is 76.7 Å². The molecular formula is C18H22BrNO. The lowest BCUT2D eigenvalue weighted by Gasteiger charge is -2.19. The van der Waals surface area contributed by atoms with Gasteiger partial charge in [-0.05, 0) is 41.8 Å². The van der Waals surface area contributed by atoms with Crippen LogP contribution >= 0.6 is 15.9 Å². The Labute approximate surface area is 135 Å². The predicted octanol–water partition coefficient (Wildman–Crippen LogP) is 4.34. The highest BCUT2D eigenvalue weighted by atomic mass is 79.9. The number of hydrogen-bond donors (Lipinski definition) is 1. The summed E-state index contributed by atoms with van der Waals surface area (Å²) in [5.41, 5.74) is 3.87. The summed E-state index contributed by atoms with van der Waals surface area (Å²) < 4.78 is 6.24. The van der Waals surface area contributed by atoms with Crippen molar-refractivity contribution in [3.05, 3.63) is 69.7 Å². The second kappa shape index (κ2) is 8.32. The van der Waals surface area contributed by atoms with E-state index in [9.17, 15) is 0 Å². The minimum atomic E-state index is 0.226. The van der Waals surface area contributed by atoms with Crippen LogP contribution in [0.5, 0.6) is 0 Å². The number of halogens is 1. The molecule has 2 aromatic rings. The van der Waals surface area contributed by atoms with Crippen LogP contribution in [0, 0.1) is 0 Å². The van der Waals surface area contributed by atoms with Gasteiger partial charge in [0.15, 0.2) is 0 Å². The summed E-state index contributed by atoms with van der Waals surface area (Å²) in [6, 6.07) is 17.5. The summed E-state index contributed by atoms with van der Waals surface area (Å²) in [6.07, 6.45) is 0.958. The molecule has 0 bridgehead atoms. The molecule has 21 heavy (non-hydrogen) atoms. The van der Waals surface area contributed by atoms with Crippen LogP contribution in [0.1, 0.15) is 29.7 Å². The number of benzene rings is 2.